The molecule has 1 aliphatic heterocycles. The predicted octanol–water partition coefficient (Wildman–Crippen LogP) is 3.32. The second-order valence-corrected chi connectivity index (χ2v) is 6.60. The molecule has 2 heterocycles. The Morgan fingerprint density at radius 2 is 1.67 bits per heavy atom. The van der Waals surface area contributed by atoms with Crippen LogP contribution in [-0.2, 0) is 0 Å². The normalized spacial score (nSPS) is 14.4. The van der Waals surface area contributed by atoms with Gasteiger partial charge in [0.15, 0.2) is 0 Å². The highest BCUT2D eigenvalue weighted by atomic mass is 16.4. The highest BCUT2D eigenvalue weighted by Gasteiger charge is 2.27. The molecule has 2 aromatic carbocycles. The van der Waals surface area contributed by atoms with Crippen LogP contribution in [0.3, 0.4) is 0 Å². The molecular formula is C21H21N3O3. The van der Waals surface area contributed by atoms with Gasteiger partial charge in [-0.1, -0.05) is 18.2 Å². The van der Waals surface area contributed by atoms with E-state index in [1.807, 2.05) is 42.5 Å². The lowest BCUT2D eigenvalue weighted by atomic mass is 10.2. The van der Waals surface area contributed by atoms with E-state index in [1.165, 1.54) is 0 Å². The minimum Gasteiger partial charge on any atom is -0.508 e. The summed E-state index contributed by atoms with van der Waals surface area (Å²) >= 11 is 0. The van der Waals surface area contributed by atoms with Crippen LogP contribution in [0.2, 0.25) is 0 Å². The first kappa shape index (κ1) is 17.1. The number of benzene rings is 2. The van der Waals surface area contributed by atoms with E-state index in [0.29, 0.717) is 30.4 Å². The number of rotatable bonds is 3. The Hall–Kier alpha value is -3.28. The Morgan fingerprint density at radius 1 is 1.00 bits per heavy atom. The molecule has 27 heavy (non-hydrogen) atoms. The highest BCUT2D eigenvalue weighted by Crippen LogP contribution is 2.24. The summed E-state index contributed by atoms with van der Waals surface area (Å²) < 4.78 is 5.80. The molecule has 6 heteroatoms. The van der Waals surface area contributed by atoms with Gasteiger partial charge >= 0.3 is 0 Å². The number of aromatic hydroxyl groups is 1. The lowest BCUT2D eigenvalue weighted by molar-refractivity contribution is 0.0714. The van der Waals surface area contributed by atoms with Crippen LogP contribution in [0, 0.1) is 6.92 Å². The average Bonchev–Trinajstić information content (AvgIpc) is 3.10. The molecule has 0 aliphatic carbocycles. The van der Waals surface area contributed by atoms with Crippen molar-refractivity contribution in [3.8, 4) is 17.2 Å². The molecule has 138 valence electrons. The first-order valence-electron chi connectivity index (χ1n) is 8.98. The van der Waals surface area contributed by atoms with Gasteiger partial charge < -0.3 is 19.3 Å². The number of carbonyl (C=O) groups excluding carboxylic acids is 1. The van der Waals surface area contributed by atoms with Crippen molar-refractivity contribution in [3.05, 3.63) is 66.1 Å². The Morgan fingerprint density at radius 3 is 2.33 bits per heavy atom. The Labute approximate surface area is 157 Å². The lowest BCUT2D eigenvalue weighted by Gasteiger charge is -2.35. The second kappa shape index (κ2) is 7.15. The number of amides is 1. The molecule has 1 saturated heterocycles. The predicted molar refractivity (Wildman–Crippen MR) is 103 cm³/mol. The van der Waals surface area contributed by atoms with Gasteiger partial charge in [0, 0.05) is 37.4 Å². The van der Waals surface area contributed by atoms with Gasteiger partial charge in [-0.25, -0.2) is 4.98 Å². The van der Waals surface area contributed by atoms with Crippen LogP contribution >= 0.6 is 0 Å². The molecule has 3 aromatic rings. The number of carbonyl (C=O) groups is 1. The van der Waals surface area contributed by atoms with Crippen molar-refractivity contribution in [2.24, 2.45) is 0 Å². The smallest absolute Gasteiger partial charge is 0.291 e. The van der Waals surface area contributed by atoms with Crippen LogP contribution in [0.15, 0.2) is 59.0 Å². The van der Waals surface area contributed by atoms with Crippen LogP contribution in [0.1, 0.15) is 16.2 Å². The summed E-state index contributed by atoms with van der Waals surface area (Å²) in [5.74, 6) is 0.918. The first-order valence-corrected chi connectivity index (χ1v) is 8.98. The zero-order valence-corrected chi connectivity index (χ0v) is 15.1. The molecule has 0 atom stereocenters. The second-order valence-electron chi connectivity index (χ2n) is 6.60. The molecule has 1 fully saturated rings. The Balaban J connectivity index is 1.45. The molecule has 0 spiro atoms. The van der Waals surface area contributed by atoms with Crippen molar-refractivity contribution in [3.63, 3.8) is 0 Å². The maximum atomic E-state index is 12.9. The summed E-state index contributed by atoms with van der Waals surface area (Å²) in [5.41, 5.74) is 2.51. The molecule has 1 amide bonds. The number of hydrogen-bond donors (Lipinski definition) is 1. The third kappa shape index (κ3) is 3.51. The SMILES string of the molecule is Cc1nc(-c2ccccc2)oc1C(=O)N1CCN(c2ccc(O)cc2)CC1. The number of phenols is 1. The summed E-state index contributed by atoms with van der Waals surface area (Å²) in [4.78, 5) is 21.3. The Bertz CT molecular complexity index is 927. The minimum absolute atomic E-state index is 0.118. The number of nitrogens with zero attached hydrogens (tertiary/aromatic N) is 3. The molecule has 4 rings (SSSR count). The topological polar surface area (TPSA) is 69.8 Å². The standard InChI is InChI=1S/C21H21N3O3/c1-15-19(27-20(22-15)16-5-3-2-4-6-16)21(26)24-13-11-23(12-14-24)17-7-9-18(25)10-8-17/h2-10,25H,11-14H2,1H3. The maximum Gasteiger partial charge on any atom is 0.291 e. The van der Waals surface area contributed by atoms with Crippen LogP contribution < -0.4 is 4.90 Å². The van der Waals surface area contributed by atoms with Crippen molar-refractivity contribution in [1.29, 1.82) is 0 Å². The van der Waals surface area contributed by atoms with E-state index in [4.69, 9.17) is 4.42 Å². The maximum absolute atomic E-state index is 12.9. The molecule has 0 bridgehead atoms. The quantitative estimate of drug-likeness (QED) is 0.773. The van der Waals surface area contributed by atoms with Crippen molar-refractivity contribution in [1.82, 2.24) is 9.88 Å². The average molecular weight is 363 g/mol. The van der Waals surface area contributed by atoms with Gasteiger partial charge in [0.2, 0.25) is 11.7 Å². The molecule has 1 aromatic heterocycles. The van der Waals surface area contributed by atoms with Crippen LogP contribution in [0.4, 0.5) is 5.69 Å². The fourth-order valence-corrected chi connectivity index (χ4v) is 3.27. The van der Waals surface area contributed by atoms with Crippen molar-refractivity contribution in [2.45, 2.75) is 6.92 Å². The van der Waals surface area contributed by atoms with Crippen LogP contribution in [-0.4, -0.2) is 47.1 Å². The zero-order valence-electron chi connectivity index (χ0n) is 15.1. The molecule has 6 nitrogen and oxygen atoms in total. The number of aromatic nitrogens is 1. The third-order valence-corrected chi connectivity index (χ3v) is 4.79. The van der Waals surface area contributed by atoms with Crippen LogP contribution in [0.25, 0.3) is 11.5 Å². The van der Waals surface area contributed by atoms with E-state index in [2.05, 4.69) is 9.88 Å². The van der Waals surface area contributed by atoms with E-state index in [9.17, 15) is 9.90 Å². The number of aryl methyl sites for hydroxylation is 1. The number of piperazine rings is 1. The molecule has 1 N–H and O–H groups in total. The summed E-state index contributed by atoms with van der Waals surface area (Å²) in [6.07, 6.45) is 0. The summed E-state index contributed by atoms with van der Waals surface area (Å²) in [6, 6.07) is 16.7. The summed E-state index contributed by atoms with van der Waals surface area (Å²) in [6.45, 7) is 4.49. The molecule has 0 unspecified atom stereocenters. The van der Waals surface area contributed by atoms with E-state index >= 15 is 0 Å². The van der Waals surface area contributed by atoms with E-state index in [0.717, 1.165) is 24.3 Å². The number of phenolic OH excluding ortho intramolecular Hbond substituents is 1. The number of anilines is 1. The molecule has 1 aliphatic rings. The van der Waals surface area contributed by atoms with E-state index < -0.39 is 0 Å². The molecular weight excluding hydrogens is 342 g/mol. The first-order chi connectivity index (χ1) is 13.1. The van der Waals surface area contributed by atoms with Gasteiger partial charge in [-0.05, 0) is 43.3 Å². The van der Waals surface area contributed by atoms with Crippen molar-refractivity contribution >= 4 is 11.6 Å². The van der Waals surface area contributed by atoms with Gasteiger partial charge in [-0.2, -0.15) is 0 Å². The lowest BCUT2D eigenvalue weighted by Crippen LogP contribution is -2.48. The van der Waals surface area contributed by atoms with Gasteiger partial charge in [-0.15, -0.1) is 0 Å². The monoisotopic (exact) mass is 363 g/mol. The van der Waals surface area contributed by atoms with Crippen LogP contribution in [0.5, 0.6) is 5.75 Å². The Kier molecular flexibility index (Phi) is 4.54. The highest BCUT2D eigenvalue weighted by molar-refractivity contribution is 5.93. The van der Waals surface area contributed by atoms with Crippen molar-refractivity contribution < 1.29 is 14.3 Å². The zero-order chi connectivity index (χ0) is 18.8. The fourth-order valence-electron chi connectivity index (χ4n) is 3.27. The van der Waals surface area contributed by atoms with E-state index in [1.54, 1.807) is 24.0 Å². The van der Waals surface area contributed by atoms with Crippen molar-refractivity contribution in [2.75, 3.05) is 31.1 Å². The molecule has 0 radical (unpaired) electrons. The number of hydrogen-bond acceptors (Lipinski definition) is 5. The summed E-state index contributed by atoms with van der Waals surface area (Å²) in [7, 11) is 0. The largest absolute Gasteiger partial charge is 0.508 e. The number of oxazole rings is 1. The third-order valence-electron chi connectivity index (χ3n) is 4.79. The fraction of sp³-hybridized carbons (Fsp3) is 0.238. The molecule has 0 saturated carbocycles. The minimum atomic E-state index is -0.118. The van der Waals surface area contributed by atoms with Gasteiger partial charge in [0.05, 0.1) is 5.69 Å². The van der Waals surface area contributed by atoms with Gasteiger partial charge in [0.1, 0.15) is 5.75 Å². The summed E-state index contributed by atoms with van der Waals surface area (Å²) in [5, 5.41) is 9.42. The van der Waals surface area contributed by atoms with Gasteiger partial charge in [0.25, 0.3) is 5.91 Å². The van der Waals surface area contributed by atoms with E-state index in [-0.39, 0.29) is 11.7 Å². The van der Waals surface area contributed by atoms with Gasteiger partial charge in [-0.3, -0.25) is 4.79 Å².